The second-order valence-corrected chi connectivity index (χ2v) is 4.41. The molecular formula is C14H9ClO2. The molecule has 84 valence electrons. The Labute approximate surface area is 103 Å². The van der Waals surface area contributed by atoms with Gasteiger partial charge in [-0.3, -0.25) is 0 Å². The minimum Gasteiger partial charge on any atom is -0.508 e. The van der Waals surface area contributed by atoms with Crippen LogP contribution in [0.15, 0.2) is 42.5 Å². The zero-order chi connectivity index (χ0) is 12.0. The molecule has 2 nitrogen and oxygen atoms in total. The quantitative estimate of drug-likeness (QED) is 0.586. The SMILES string of the molecule is Oc1cc(Cl)c2cc3c(O)cccc3cc2c1. The van der Waals surface area contributed by atoms with Crippen molar-refractivity contribution in [1.82, 2.24) is 0 Å². The summed E-state index contributed by atoms with van der Waals surface area (Å²) in [7, 11) is 0. The summed E-state index contributed by atoms with van der Waals surface area (Å²) >= 11 is 6.07. The fraction of sp³-hybridized carbons (Fsp3) is 0. The molecule has 0 unspecified atom stereocenters. The molecule has 0 aliphatic carbocycles. The summed E-state index contributed by atoms with van der Waals surface area (Å²) in [6.07, 6.45) is 0. The molecule has 0 saturated heterocycles. The average Bonchev–Trinajstić information content (AvgIpc) is 2.27. The Balaban J connectivity index is 2.52. The predicted molar refractivity (Wildman–Crippen MR) is 69.8 cm³/mol. The molecule has 0 saturated carbocycles. The molecule has 0 amide bonds. The van der Waals surface area contributed by atoms with Crippen molar-refractivity contribution in [3.05, 3.63) is 47.5 Å². The second-order valence-electron chi connectivity index (χ2n) is 4.00. The van der Waals surface area contributed by atoms with Crippen molar-refractivity contribution < 1.29 is 10.2 Å². The number of hydrogen-bond acceptors (Lipinski definition) is 2. The Morgan fingerprint density at radius 3 is 2.47 bits per heavy atom. The molecule has 3 rings (SSSR count). The van der Waals surface area contributed by atoms with Crippen molar-refractivity contribution >= 4 is 33.1 Å². The normalized spacial score (nSPS) is 11.1. The van der Waals surface area contributed by atoms with Gasteiger partial charge >= 0.3 is 0 Å². The third kappa shape index (κ3) is 1.58. The van der Waals surface area contributed by atoms with Crippen LogP contribution in [0.3, 0.4) is 0 Å². The molecule has 0 aliphatic heterocycles. The Morgan fingerprint density at radius 2 is 1.65 bits per heavy atom. The Kier molecular flexibility index (Phi) is 2.13. The van der Waals surface area contributed by atoms with Crippen LogP contribution in [0.5, 0.6) is 11.5 Å². The topological polar surface area (TPSA) is 40.5 Å². The molecule has 0 aromatic heterocycles. The van der Waals surface area contributed by atoms with Crippen molar-refractivity contribution in [3.63, 3.8) is 0 Å². The second kappa shape index (κ2) is 3.54. The summed E-state index contributed by atoms with van der Waals surface area (Å²) in [4.78, 5) is 0. The molecule has 0 atom stereocenters. The highest BCUT2D eigenvalue weighted by Crippen LogP contribution is 2.34. The largest absolute Gasteiger partial charge is 0.508 e. The summed E-state index contributed by atoms with van der Waals surface area (Å²) in [5, 5.41) is 23.1. The van der Waals surface area contributed by atoms with Crippen LogP contribution in [0.4, 0.5) is 0 Å². The summed E-state index contributed by atoms with van der Waals surface area (Å²) in [5.74, 6) is 0.371. The van der Waals surface area contributed by atoms with Crippen LogP contribution in [0, 0.1) is 0 Å². The molecule has 0 fully saturated rings. The first-order valence-corrected chi connectivity index (χ1v) is 5.57. The molecule has 3 aromatic carbocycles. The highest BCUT2D eigenvalue weighted by molar-refractivity contribution is 6.36. The van der Waals surface area contributed by atoms with E-state index < -0.39 is 0 Å². The van der Waals surface area contributed by atoms with Gasteiger partial charge in [-0.05, 0) is 41.1 Å². The maximum absolute atomic E-state index is 9.78. The molecular weight excluding hydrogens is 236 g/mol. The molecule has 0 radical (unpaired) electrons. The van der Waals surface area contributed by atoms with Crippen LogP contribution in [-0.2, 0) is 0 Å². The van der Waals surface area contributed by atoms with Gasteiger partial charge in [0.05, 0.1) is 5.02 Å². The monoisotopic (exact) mass is 244 g/mol. The minimum atomic E-state index is 0.141. The van der Waals surface area contributed by atoms with Gasteiger partial charge < -0.3 is 10.2 Å². The van der Waals surface area contributed by atoms with E-state index in [0.717, 1.165) is 21.5 Å². The Hall–Kier alpha value is -1.93. The number of aromatic hydroxyl groups is 2. The van der Waals surface area contributed by atoms with Crippen molar-refractivity contribution in [3.8, 4) is 11.5 Å². The van der Waals surface area contributed by atoms with Crippen LogP contribution in [0.25, 0.3) is 21.5 Å². The molecule has 0 aliphatic rings. The van der Waals surface area contributed by atoms with E-state index in [0.29, 0.717) is 5.02 Å². The van der Waals surface area contributed by atoms with Crippen molar-refractivity contribution in [2.75, 3.05) is 0 Å². The molecule has 17 heavy (non-hydrogen) atoms. The smallest absolute Gasteiger partial charge is 0.123 e. The van der Waals surface area contributed by atoms with Crippen LogP contribution < -0.4 is 0 Å². The van der Waals surface area contributed by atoms with Crippen LogP contribution in [0.2, 0.25) is 5.02 Å². The van der Waals surface area contributed by atoms with Gasteiger partial charge in [-0.15, -0.1) is 0 Å². The number of halogens is 1. The Morgan fingerprint density at radius 1 is 0.824 bits per heavy atom. The number of phenols is 2. The van der Waals surface area contributed by atoms with Gasteiger partial charge in [0, 0.05) is 10.8 Å². The standard InChI is InChI=1S/C14H9ClO2/c15-13-6-10(16)5-9-4-8-2-1-3-14(17)12(8)7-11(9)13/h1-7,16-17H. The predicted octanol–water partition coefficient (Wildman–Crippen LogP) is 4.06. The highest BCUT2D eigenvalue weighted by atomic mass is 35.5. The van der Waals surface area contributed by atoms with E-state index in [9.17, 15) is 10.2 Å². The fourth-order valence-corrected chi connectivity index (χ4v) is 2.34. The van der Waals surface area contributed by atoms with E-state index in [4.69, 9.17) is 11.6 Å². The van der Waals surface area contributed by atoms with Gasteiger partial charge in [0.1, 0.15) is 11.5 Å². The number of phenolic OH excluding ortho intramolecular Hbond substituents is 2. The molecule has 3 heteroatoms. The number of hydrogen-bond donors (Lipinski definition) is 2. The first kappa shape index (κ1) is 10.2. The maximum atomic E-state index is 9.78. The summed E-state index contributed by atoms with van der Waals surface area (Å²) in [6, 6.07) is 12.2. The van der Waals surface area contributed by atoms with Gasteiger partial charge in [0.2, 0.25) is 0 Å². The molecule has 0 spiro atoms. The Bertz CT molecular complexity index is 735. The lowest BCUT2D eigenvalue weighted by molar-refractivity contribution is 0.476. The molecule has 0 bridgehead atoms. The minimum absolute atomic E-state index is 0.141. The summed E-state index contributed by atoms with van der Waals surface area (Å²) in [6.45, 7) is 0. The lowest BCUT2D eigenvalue weighted by atomic mass is 10.0. The third-order valence-electron chi connectivity index (χ3n) is 2.86. The van der Waals surface area contributed by atoms with Crippen LogP contribution in [-0.4, -0.2) is 10.2 Å². The van der Waals surface area contributed by atoms with Crippen molar-refractivity contribution in [2.24, 2.45) is 0 Å². The number of rotatable bonds is 0. The van der Waals surface area contributed by atoms with E-state index in [1.807, 2.05) is 18.2 Å². The van der Waals surface area contributed by atoms with Gasteiger partial charge in [-0.1, -0.05) is 23.7 Å². The number of benzene rings is 3. The van der Waals surface area contributed by atoms with Crippen molar-refractivity contribution in [1.29, 1.82) is 0 Å². The van der Waals surface area contributed by atoms with Crippen LogP contribution >= 0.6 is 11.6 Å². The third-order valence-corrected chi connectivity index (χ3v) is 3.18. The lowest BCUT2D eigenvalue weighted by Gasteiger charge is -2.06. The van der Waals surface area contributed by atoms with E-state index >= 15 is 0 Å². The van der Waals surface area contributed by atoms with E-state index in [2.05, 4.69) is 0 Å². The van der Waals surface area contributed by atoms with Gasteiger partial charge in [-0.25, -0.2) is 0 Å². The molecule has 0 heterocycles. The first-order chi connectivity index (χ1) is 8.15. The summed E-state index contributed by atoms with van der Waals surface area (Å²) < 4.78 is 0. The average molecular weight is 245 g/mol. The highest BCUT2D eigenvalue weighted by Gasteiger charge is 2.06. The molecule has 2 N–H and O–H groups in total. The van der Waals surface area contributed by atoms with E-state index in [1.165, 1.54) is 6.07 Å². The first-order valence-electron chi connectivity index (χ1n) is 5.19. The molecule has 3 aromatic rings. The van der Waals surface area contributed by atoms with E-state index in [-0.39, 0.29) is 11.5 Å². The van der Waals surface area contributed by atoms with Gasteiger partial charge in [-0.2, -0.15) is 0 Å². The van der Waals surface area contributed by atoms with Crippen LogP contribution in [0.1, 0.15) is 0 Å². The zero-order valence-electron chi connectivity index (χ0n) is 8.81. The van der Waals surface area contributed by atoms with Crippen molar-refractivity contribution in [2.45, 2.75) is 0 Å². The number of fused-ring (bicyclic) bond motifs is 2. The maximum Gasteiger partial charge on any atom is 0.123 e. The fourth-order valence-electron chi connectivity index (χ4n) is 2.06. The van der Waals surface area contributed by atoms with E-state index in [1.54, 1.807) is 18.2 Å². The van der Waals surface area contributed by atoms with Gasteiger partial charge in [0.15, 0.2) is 0 Å². The van der Waals surface area contributed by atoms with Gasteiger partial charge in [0.25, 0.3) is 0 Å². The zero-order valence-corrected chi connectivity index (χ0v) is 9.57. The summed E-state index contributed by atoms with van der Waals surface area (Å²) in [5.41, 5.74) is 0. The lowest BCUT2D eigenvalue weighted by Crippen LogP contribution is -1.79.